The van der Waals surface area contributed by atoms with Crippen LogP contribution in [0, 0.1) is 0 Å². The number of likely N-dealkylation sites (tertiary alicyclic amines) is 1. The molecule has 1 unspecified atom stereocenters. The molecule has 0 aromatic heterocycles. The maximum Gasteiger partial charge on any atom is 0.328 e. The van der Waals surface area contributed by atoms with Crippen LogP contribution in [0.1, 0.15) is 12.0 Å². The summed E-state index contributed by atoms with van der Waals surface area (Å²) in [6.07, 6.45) is 2.13. The molecule has 1 fully saturated rings. The SMILES string of the molecule is O=C(O)C=C1CN(Cc2ccccc2Cl)CCC1S. The van der Waals surface area contributed by atoms with Crippen LogP contribution in [0.3, 0.4) is 0 Å². The first-order valence-corrected chi connectivity index (χ1v) is 7.03. The molecule has 2 rings (SSSR count). The van der Waals surface area contributed by atoms with Gasteiger partial charge in [0.25, 0.3) is 0 Å². The third-order valence-corrected chi connectivity index (χ3v) is 4.17. The third kappa shape index (κ3) is 4.00. The predicted octanol–water partition coefficient (Wildman–Crippen LogP) is 2.86. The number of hydrogen-bond acceptors (Lipinski definition) is 3. The molecule has 1 N–H and O–H groups in total. The minimum Gasteiger partial charge on any atom is -0.478 e. The molecular formula is C14H16ClNO2S. The molecule has 19 heavy (non-hydrogen) atoms. The van der Waals surface area contributed by atoms with Gasteiger partial charge in [-0.3, -0.25) is 4.90 Å². The highest BCUT2D eigenvalue weighted by Crippen LogP contribution is 2.24. The minimum absolute atomic E-state index is 0.0404. The molecule has 0 radical (unpaired) electrons. The molecule has 1 aromatic carbocycles. The summed E-state index contributed by atoms with van der Waals surface area (Å²) in [5.41, 5.74) is 1.92. The van der Waals surface area contributed by atoms with E-state index >= 15 is 0 Å². The van der Waals surface area contributed by atoms with Crippen molar-refractivity contribution in [3.63, 3.8) is 0 Å². The van der Waals surface area contributed by atoms with Crippen LogP contribution < -0.4 is 0 Å². The van der Waals surface area contributed by atoms with Crippen molar-refractivity contribution in [3.05, 3.63) is 46.5 Å². The van der Waals surface area contributed by atoms with Crippen LogP contribution in [-0.2, 0) is 11.3 Å². The Labute approximate surface area is 123 Å². The van der Waals surface area contributed by atoms with Crippen LogP contribution in [0.4, 0.5) is 0 Å². The van der Waals surface area contributed by atoms with Crippen LogP contribution in [0.15, 0.2) is 35.9 Å². The highest BCUT2D eigenvalue weighted by molar-refractivity contribution is 7.81. The molecule has 1 saturated heterocycles. The number of nitrogens with zero attached hydrogens (tertiary/aromatic N) is 1. The highest BCUT2D eigenvalue weighted by Gasteiger charge is 2.22. The van der Waals surface area contributed by atoms with E-state index in [1.165, 1.54) is 6.08 Å². The zero-order valence-corrected chi connectivity index (χ0v) is 12.1. The topological polar surface area (TPSA) is 40.5 Å². The van der Waals surface area contributed by atoms with Crippen LogP contribution in [0.25, 0.3) is 0 Å². The lowest BCUT2D eigenvalue weighted by atomic mass is 10.0. The Balaban J connectivity index is 2.07. The minimum atomic E-state index is -0.909. The summed E-state index contributed by atoms with van der Waals surface area (Å²) >= 11 is 10.6. The van der Waals surface area contributed by atoms with Gasteiger partial charge in [-0.25, -0.2) is 4.79 Å². The Hall–Kier alpha value is -0.970. The van der Waals surface area contributed by atoms with Gasteiger partial charge in [-0.05, 0) is 23.6 Å². The summed E-state index contributed by atoms with van der Waals surface area (Å²) in [7, 11) is 0. The Morgan fingerprint density at radius 2 is 2.26 bits per heavy atom. The van der Waals surface area contributed by atoms with Gasteiger partial charge in [0.2, 0.25) is 0 Å². The average Bonchev–Trinajstić information content (AvgIpc) is 2.35. The number of piperidine rings is 1. The summed E-state index contributed by atoms with van der Waals surface area (Å²) < 4.78 is 0. The molecule has 1 heterocycles. The standard InChI is InChI=1S/C14H16ClNO2S/c15-12-4-2-1-3-10(12)8-16-6-5-13(19)11(9-16)7-14(17)18/h1-4,7,13,19H,5-6,8-9H2,(H,17,18). The van der Waals surface area contributed by atoms with Crippen molar-refractivity contribution < 1.29 is 9.90 Å². The summed E-state index contributed by atoms with van der Waals surface area (Å²) in [5, 5.41) is 9.64. The Morgan fingerprint density at radius 1 is 1.53 bits per heavy atom. The zero-order valence-electron chi connectivity index (χ0n) is 10.4. The molecule has 1 aromatic rings. The smallest absolute Gasteiger partial charge is 0.328 e. The Bertz CT molecular complexity index is 504. The first kappa shape index (κ1) is 14.4. The summed E-state index contributed by atoms with van der Waals surface area (Å²) in [4.78, 5) is 13.0. The molecule has 0 amide bonds. The van der Waals surface area contributed by atoms with Crippen molar-refractivity contribution >= 4 is 30.2 Å². The lowest BCUT2D eigenvalue weighted by Gasteiger charge is -2.32. The Morgan fingerprint density at radius 3 is 2.95 bits per heavy atom. The molecule has 1 aliphatic rings. The lowest BCUT2D eigenvalue weighted by molar-refractivity contribution is -0.131. The normalized spacial score (nSPS) is 22.6. The van der Waals surface area contributed by atoms with Crippen LogP contribution in [0.2, 0.25) is 5.02 Å². The molecule has 0 bridgehead atoms. The molecule has 3 nitrogen and oxygen atoms in total. The van der Waals surface area contributed by atoms with Gasteiger partial charge in [0.1, 0.15) is 0 Å². The fraction of sp³-hybridized carbons (Fsp3) is 0.357. The number of hydrogen-bond donors (Lipinski definition) is 2. The van der Waals surface area contributed by atoms with E-state index in [0.29, 0.717) is 6.54 Å². The number of thiol groups is 1. The molecular weight excluding hydrogens is 282 g/mol. The van der Waals surface area contributed by atoms with Crippen molar-refractivity contribution in [1.29, 1.82) is 0 Å². The number of carboxylic acids is 1. The fourth-order valence-corrected chi connectivity index (χ4v) is 2.70. The number of carboxylic acid groups (broad SMARTS) is 1. The van der Waals surface area contributed by atoms with E-state index in [1.807, 2.05) is 24.3 Å². The van der Waals surface area contributed by atoms with Gasteiger partial charge in [-0.1, -0.05) is 29.8 Å². The van der Waals surface area contributed by atoms with Gasteiger partial charge in [0, 0.05) is 36.0 Å². The zero-order chi connectivity index (χ0) is 13.8. The van der Waals surface area contributed by atoms with E-state index in [-0.39, 0.29) is 5.25 Å². The van der Waals surface area contributed by atoms with Crippen molar-refractivity contribution in [3.8, 4) is 0 Å². The maximum absolute atomic E-state index is 10.8. The molecule has 102 valence electrons. The van der Waals surface area contributed by atoms with E-state index in [4.69, 9.17) is 16.7 Å². The first-order chi connectivity index (χ1) is 9.06. The predicted molar refractivity (Wildman–Crippen MR) is 79.8 cm³/mol. The van der Waals surface area contributed by atoms with E-state index in [9.17, 15) is 4.79 Å². The second kappa shape index (κ2) is 6.46. The van der Waals surface area contributed by atoms with Crippen LogP contribution in [0.5, 0.6) is 0 Å². The number of halogens is 1. The van der Waals surface area contributed by atoms with Gasteiger partial charge in [0.15, 0.2) is 0 Å². The van der Waals surface area contributed by atoms with Gasteiger partial charge in [-0.2, -0.15) is 12.6 Å². The van der Waals surface area contributed by atoms with E-state index in [0.717, 1.165) is 35.7 Å². The number of carbonyl (C=O) groups is 1. The van der Waals surface area contributed by atoms with Crippen LogP contribution >= 0.6 is 24.2 Å². The summed E-state index contributed by atoms with van der Waals surface area (Å²) in [6.45, 7) is 2.26. The van der Waals surface area contributed by atoms with E-state index in [1.54, 1.807) is 0 Å². The largest absolute Gasteiger partial charge is 0.478 e. The second-order valence-electron chi connectivity index (χ2n) is 4.66. The fourth-order valence-electron chi connectivity index (χ4n) is 2.24. The first-order valence-electron chi connectivity index (χ1n) is 6.13. The number of aliphatic carboxylic acids is 1. The van der Waals surface area contributed by atoms with Gasteiger partial charge in [0.05, 0.1) is 0 Å². The molecule has 1 atom stereocenters. The average molecular weight is 298 g/mol. The third-order valence-electron chi connectivity index (χ3n) is 3.21. The highest BCUT2D eigenvalue weighted by atomic mass is 35.5. The van der Waals surface area contributed by atoms with Crippen LogP contribution in [-0.4, -0.2) is 34.3 Å². The van der Waals surface area contributed by atoms with E-state index in [2.05, 4.69) is 17.5 Å². The maximum atomic E-state index is 10.8. The van der Waals surface area contributed by atoms with Crippen molar-refractivity contribution in [1.82, 2.24) is 4.90 Å². The van der Waals surface area contributed by atoms with Crippen molar-refractivity contribution in [2.45, 2.75) is 18.2 Å². The summed E-state index contributed by atoms with van der Waals surface area (Å²) in [5.74, 6) is -0.909. The molecule has 0 aliphatic carbocycles. The van der Waals surface area contributed by atoms with Gasteiger partial charge in [-0.15, -0.1) is 0 Å². The summed E-state index contributed by atoms with van der Waals surface area (Å²) in [6, 6.07) is 7.73. The van der Waals surface area contributed by atoms with Gasteiger partial charge >= 0.3 is 5.97 Å². The number of benzene rings is 1. The monoisotopic (exact) mass is 297 g/mol. The molecule has 0 saturated carbocycles. The van der Waals surface area contributed by atoms with Crippen molar-refractivity contribution in [2.75, 3.05) is 13.1 Å². The van der Waals surface area contributed by atoms with Gasteiger partial charge < -0.3 is 5.11 Å². The lowest BCUT2D eigenvalue weighted by Crippen LogP contribution is -2.36. The second-order valence-corrected chi connectivity index (χ2v) is 5.69. The molecule has 0 spiro atoms. The molecule has 5 heteroatoms. The number of rotatable bonds is 3. The quantitative estimate of drug-likeness (QED) is 0.666. The Kier molecular flexibility index (Phi) is 4.91. The van der Waals surface area contributed by atoms with E-state index < -0.39 is 5.97 Å². The molecule has 1 aliphatic heterocycles. The van der Waals surface area contributed by atoms with Crippen molar-refractivity contribution in [2.24, 2.45) is 0 Å².